The van der Waals surface area contributed by atoms with E-state index >= 15 is 0 Å². The third-order valence-corrected chi connectivity index (χ3v) is 8.03. The van der Waals surface area contributed by atoms with Gasteiger partial charge in [0.1, 0.15) is 0 Å². The Kier molecular flexibility index (Phi) is 11.6. The molecule has 46 heavy (non-hydrogen) atoms. The van der Waals surface area contributed by atoms with Crippen molar-refractivity contribution in [2.45, 2.75) is 25.7 Å². The molecule has 3 aromatic heterocycles. The van der Waals surface area contributed by atoms with Crippen LogP contribution in [0.1, 0.15) is 57.0 Å². The van der Waals surface area contributed by atoms with Crippen molar-refractivity contribution in [3.8, 4) is 0 Å². The molecule has 2 aliphatic rings. The predicted octanol–water partition coefficient (Wildman–Crippen LogP) is 3.86. The lowest BCUT2D eigenvalue weighted by Gasteiger charge is -2.22. The molecule has 0 atom stereocenters. The van der Waals surface area contributed by atoms with Crippen molar-refractivity contribution >= 4 is 39.9 Å². The number of nitrogen functional groups attached to an aromatic ring is 1. The number of aromatic nitrogens is 3. The third kappa shape index (κ3) is 8.83. The molecule has 12 heteroatoms. The lowest BCUT2D eigenvalue weighted by molar-refractivity contribution is 0.0642. The highest BCUT2D eigenvalue weighted by Crippen LogP contribution is 2.21. The lowest BCUT2D eigenvalue weighted by atomic mass is 10.0. The average Bonchev–Trinajstić information content (AvgIpc) is 3.11. The zero-order valence-corrected chi connectivity index (χ0v) is 25.6. The van der Waals surface area contributed by atoms with Gasteiger partial charge < -0.3 is 31.2 Å². The van der Waals surface area contributed by atoms with Gasteiger partial charge in [-0.05, 0) is 79.3 Å². The topological polar surface area (TPSA) is 170 Å². The summed E-state index contributed by atoms with van der Waals surface area (Å²) in [4.78, 5) is 49.7. The van der Waals surface area contributed by atoms with Gasteiger partial charge in [-0.15, -0.1) is 0 Å². The van der Waals surface area contributed by atoms with Gasteiger partial charge in [-0.2, -0.15) is 0 Å². The highest BCUT2D eigenvalue weighted by Gasteiger charge is 2.20. The van der Waals surface area contributed by atoms with Crippen molar-refractivity contribution in [1.29, 1.82) is 0 Å². The Bertz CT molecular complexity index is 1630. The summed E-state index contributed by atoms with van der Waals surface area (Å²) in [7, 11) is 0. The van der Waals surface area contributed by atoms with Crippen LogP contribution in [0.3, 0.4) is 0 Å². The van der Waals surface area contributed by atoms with Crippen LogP contribution in [0.2, 0.25) is 0 Å². The number of nitrogens with zero attached hydrogens (tertiary/aromatic N) is 3. The molecule has 0 unspecified atom stereocenters. The largest absolute Gasteiger partial charge is 0.397 e. The zero-order chi connectivity index (χ0) is 32.1. The Hall–Kier alpha value is -4.94. The van der Waals surface area contributed by atoms with Crippen molar-refractivity contribution < 1.29 is 23.9 Å². The molecule has 12 nitrogen and oxygen atoms in total. The molecular weight excluding hydrogens is 586 g/mol. The maximum Gasteiger partial charge on any atom is 0.272 e. The molecule has 2 fully saturated rings. The summed E-state index contributed by atoms with van der Waals surface area (Å²) in [5, 5.41) is 10.3. The fourth-order valence-corrected chi connectivity index (χ4v) is 5.35. The molecule has 6 rings (SSSR count). The highest BCUT2D eigenvalue weighted by molar-refractivity contribution is 6.14. The molecule has 3 amide bonds. The van der Waals surface area contributed by atoms with Crippen molar-refractivity contribution in [2.75, 3.05) is 50.6 Å². The van der Waals surface area contributed by atoms with E-state index in [0.717, 1.165) is 62.9 Å². The molecule has 2 aliphatic heterocycles. The number of ether oxygens (including phenoxy) is 2. The minimum atomic E-state index is -0.298. The minimum absolute atomic E-state index is 0.199. The number of carbonyl (C=O) groups excluding carboxylic acids is 3. The zero-order valence-electron chi connectivity index (χ0n) is 25.6. The van der Waals surface area contributed by atoms with E-state index in [1.165, 1.54) is 0 Å². The quantitative estimate of drug-likeness (QED) is 0.227. The molecule has 1 aromatic carbocycles. The number of nitrogens with one attached hydrogen (secondary N) is 3. The number of fused-ring (bicyclic) bond motifs is 1. The number of carbonyl (C=O) groups is 3. The molecule has 0 spiro atoms. The summed E-state index contributed by atoms with van der Waals surface area (Å²) >= 11 is 0. The maximum absolute atomic E-state index is 12.9. The average molecular weight is 626 g/mol. The standard InChI is InChI=1S/C22H22N4O3.C12H17N3O2/c27-21(18-4-1-3-16-14-23-10-6-17(16)18)26-19-5-2-9-24-20(19)22(28)25-13-15-7-11-29-12-8-15;13-10-2-1-5-14-11(10)12(16)15-8-9-3-6-17-7-4-9/h1-6,9-10,14-15H,7-8,11-13H2,(H,25,28)(H,26,27);1-2,5,9H,3-4,6-8,13H2,(H,15,16). The first kappa shape index (κ1) is 32.5. The normalized spacial score (nSPS) is 15.3. The van der Waals surface area contributed by atoms with Crippen molar-refractivity contribution in [1.82, 2.24) is 25.6 Å². The highest BCUT2D eigenvalue weighted by atomic mass is 16.5. The number of hydrogen-bond donors (Lipinski definition) is 4. The second-order valence-electron chi connectivity index (χ2n) is 11.2. The van der Waals surface area contributed by atoms with E-state index in [4.69, 9.17) is 15.2 Å². The number of nitrogens with two attached hydrogens (primary N) is 1. The predicted molar refractivity (Wildman–Crippen MR) is 174 cm³/mol. The van der Waals surface area contributed by atoms with Gasteiger partial charge in [-0.3, -0.25) is 19.4 Å². The summed E-state index contributed by atoms with van der Waals surface area (Å²) in [5.74, 6) is 0.105. The van der Waals surface area contributed by atoms with Gasteiger partial charge in [0.05, 0.1) is 11.4 Å². The van der Waals surface area contributed by atoms with Crippen LogP contribution < -0.4 is 21.7 Å². The van der Waals surface area contributed by atoms with Crippen LogP contribution in [0.25, 0.3) is 10.8 Å². The van der Waals surface area contributed by atoms with E-state index in [9.17, 15) is 14.4 Å². The monoisotopic (exact) mass is 625 g/mol. The molecule has 5 heterocycles. The van der Waals surface area contributed by atoms with E-state index in [1.807, 2.05) is 12.1 Å². The minimum Gasteiger partial charge on any atom is -0.397 e. The lowest BCUT2D eigenvalue weighted by Crippen LogP contribution is -2.33. The Morgan fingerprint density at radius 2 is 1.33 bits per heavy atom. The van der Waals surface area contributed by atoms with Crippen LogP contribution in [0, 0.1) is 11.8 Å². The molecule has 4 aromatic rings. The number of anilines is 2. The Balaban J connectivity index is 0.000000209. The number of rotatable bonds is 8. The molecule has 2 saturated heterocycles. The Labute approximate surface area is 267 Å². The smallest absolute Gasteiger partial charge is 0.272 e. The molecule has 5 N–H and O–H groups in total. The van der Waals surface area contributed by atoms with E-state index in [2.05, 4.69) is 30.9 Å². The van der Waals surface area contributed by atoms with Crippen LogP contribution >= 0.6 is 0 Å². The van der Waals surface area contributed by atoms with Gasteiger partial charge in [-0.1, -0.05) is 12.1 Å². The van der Waals surface area contributed by atoms with Crippen molar-refractivity contribution in [2.24, 2.45) is 11.8 Å². The number of amides is 3. The van der Waals surface area contributed by atoms with Gasteiger partial charge in [-0.25, -0.2) is 9.97 Å². The SMILES string of the molecule is Nc1cccnc1C(=O)NCC1CCOCC1.O=C(NCC1CCOCC1)c1ncccc1NC(=O)c1cccc2cnccc12. The van der Waals surface area contributed by atoms with Crippen LogP contribution in [0.15, 0.2) is 73.3 Å². The summed E-state index contributed by atoms with van der Waals surface area (Å²) in [6.45, 7) is 4.26. The van der Waals surface area contributed by atoms with Crippen LogP contribution in [0.4, 0.5) is 11.4 Å². The van der Waals surface area contributed by atoms with Crippen LogP contribution in [0.5, 0.6) is 0 Å². The molecule has 240 valence electrons. The summed E-state index contributed by atoms with van der Waals surface area (Å²) in [5.41, 5.74) is 7.51. The molecular formula is C34H39N7O5. The van der Waals surface area contributed by atoms with Crippen LogP contribution in [-0.2, 0) is 9.47 Å². The van der Waals surface area contributed by atoms with Gasteiger partial charge in [0.2, 0.25) is 0 Å². The first-order valence-corrected chi connectivity index (χ1v) is 15.5. The number of hydrogen-bond acceptors (Lipinski definition) is 9. The van der Waals surface area contributed by atoms with E-state index in [1.54, 1.807) is 61.2 Å². The summed E-state index contributed by atoms with van der Waals surface area (Å²) in [6, 6.07) is 14.0. The van der Waals surface area contributed by atoms with Gasteiger partial charge >= 0.3 is 0 Å². The van der Waals surface area contributed by atoms with Gasteiger partial charge in [0.25, 0.3) is 17.7 Å². The van der Waals surface area contributed by atoms with E-state index in [-0.39, 0.29) is 23.4 Å². The van der Waals surface area contributed by atoms with Crippen molar-refractivity contribution in [3.63, 3.8) is 0 Å². The second kappa shape index (κ2) is 16.4. The van der Waals surface area contributed by atoms with E-state index in [0.29, 0.717) is 47.6 Å². The van der Waals surface area contributed by atoms with E-state index < -0.39 is 0 Å². The summed E-state index contributed by atoms with van der Waals surface area (Å²) < 4.78 is 10.6. The first-order valence-electron chi connectivity index (χ1n) is 15.5. The van der Waals surface area contributed by atoms with Gasteiger partial charge in [0.15, 0.2) is 11.4 Å². The second-order valence-corrected chi connectivity index (χ2v) is 11.2. The third-order valence-electron chi connectivity index (χ3n) is 8.03. The maximum atomic E-state index is 12.9. The first-order chi connectivity index (χ1) is 22.5. The number of benzene rings is 1. The summed E-state index contributed by atoms with van der Waals surface area (Å²) in [6.07, 6.45) is 10.3. The Morgan fingerprint density at radius 1 is 0.717 bits per heavy atom. The fraction of sp³-hybridized carbons (Fsp3) is 0.353. The molecule has 0 saturated carbocycles. The van der Waals surface area contributed by atoms with Gasteiger partial charge in [0, 0.05) is 75.3 Å². The molecule has 0 aliphatic carbocycles. The van der Waals surface area contributed by atoms with Crippen molar-refractivity contribution in [3.05, 3.63) is 90.3 Å². The Morgan fingerprint density at radius 3 is 1.98 bits per heavy atom. The van der Waals surface area contributed by atoms with Crippen LogP contribution in [-0.4, -0.2) is 72.2 Å². The molecule has 0 bridgehead atoms. The molecule has 0 radical (unpaired) electrons. The fourth-order valence-electron chi connectivity index (χ4n) is 5.35. The number of pyridine rings is 3.